The first kappa shape index (κ1) is 14.4. The molecular weight excluding hydrogens is 283 g/mol. The van der Waals surface area contributed by atoms with Crippen LogP contribution in [0.3, 0.4) is 0 Å². The smallest absolute Gasteiger partial charge is 0.406 e. The van der Waals surface area contributed by atoms with Gasteiger partial charge in [-0.3, -0.25) is 0 Å². The fourth-order valence-electron chi connectivity index (χ4n) is 1.65. The van der Waals surface area contributed by atoms with Crippen LogP contribution in [0.5, 0.6) is 5.75 Å². The fraction of sp³-hybridized carbons (Fsp3) is 0.0714. The Morgan fingerprint density at radius 2 is 1.81 bits per heavy atom. The number of pyridine rings is 1. The van der Waals surface area contributed by atoms with Gasteiger partial charge in [-0.05, 0) is 24.3 Å². The average Bonchev–Trinajstić information content (AvgIpc) is 2.45. The number of hydrogen-bond acceptors (Lipinski definition) is 4. The number of alkyl halides is 3. The number of benzene rings is 1. The second-order valence-electron chi connectivity index (χ2n) is 3.93. The molecule has 1 aromatic heterocycles. The number of hydrogen-bond donors (Lipinski definition) is 0. The van der Waals surface area contributed by atoms with Crippen LogP contribution in [0.1, 0.15) is 11.3 Å². The summed E-state index contributed by atoms with van der Waals surface area (Å²) in [5, 5.41) is 17.7. The Bertz CT molecular complexity index is 725. The molecule has 0 radical (unpaired) electrons. The van der Waals surface area contributed by atoms with Crippen LogP contribution in [0.15, 0.2) is 36.4 Å². The van der Waals surface area contributed by atoms with E-state index >= 15 is 0 Å². The summed E-state index contributed by atoms with van der Waals surface area (Å²) in [4.78, 5) is 3.96. The molecule has 2 aromatic rings. The van der Waals surface area contributed by atoms with Crippen LogP contribution in [0.25, 0.3) is 11.3 Å². The first-order valence-electron chi connectivity index (χ1n) is 5.60. The van der Waals surface area contributed by atoms with Crippen LogP contribution >= 0.6 is 0 Å². The standard InChI is InChI=1S/C14H6F3N3O/c15-14(16,17)21-12-3-1-2-10(6-12)13-5-9(7-18)4-11(8-19)20-13/h1-6H. The molecule has 4 nitrogen and oxygen atoms in total. The first-order valence-corrected chi connectivity index (χ1v) is 5.60. The summed E-state index contributed by atoms with van der Waals surface area (Å²) >= 11 is 0. The van der Waals surface area contributed by atoms with Crippen molar-refractivity contribution in [2.75, 3.05) is 0 Å². The van der Waals surface area contributed by atoms with Crippen molar-refractivity contribution in [3.05, 3.63) is 47.7 Å². The third-order valence-corrected chi connectivity index (χ3v) is 2.43. The second-order valence-corrected chi connectivity index (χ2v) is 3.93. The van der Waals surface area contributed by atoms with E-state index in [1.165, 1.54) is 24.3 Å². The van der Waals surface area contributed by atoms with Crippen molar-refractivity contribution in [2.45, 2.75) is 6.36 Å². The van der Waals surface area contributed by atoms with E-state index in [1.807, 2.05) is 6.07 Å². The molecule has 0 bridgehead atoms. The molecule has 0 amide bonds. The van der Waals surface area contributed by atoms with Gasteiger partial charge in [-0.2, -0.15) is 10.5 Å². The Morgan fingerprint density at radius 3 is 2.43 bits per heavy atom. The van der Waals surface area contributed by atoms with Crippen LogP contribution in [0, 0.1) is 22.7 Å². The lowest BCUT2D eigenvalue weighted by molar-refractivity contribution is -0.274. The number of aromatic nitrogens is 1. The topological polar surface area (TPSA) is 69.7 Å². The Balaban J connectivity index is 2.46. The van der Waals surface area contributed by atoms with Crippen LogP contribution in [0.4, 0.5) is 13.2 Å². The molecule has 0 spiro atoms. The molecule has 0 saturated carbocycles. The van der Waals surface area contributed by atoms with E-state index in [4.69, 9.17) is 10.5 Å². The second kappa shape index (κ2) is 5.51. The average molecular weight is 289 g/mol. The number of ether oxygens (including phenoxy) is 1. The quantitative estimate of drug-likeness (QED) is 0.849. The molecule has 0 fully saturated rings. The van der Waals surface area contributed by atoms with Gasteiger partial charge in [0, 0.05) is 5.56 Å². The molecule has 0 N–H and O–H groups in total. The van der Waals surface area contributed by atoms with E-state index < -0.39 is 12.1 Å². The first-order chi connectivity index (χ1) is 9.91. The zero-order valence-electron chi connectivity index (χ0n) is 10.3. The van der Waals surface area contributed by atoms with E-state index in [0.29, 0.717) is 5.56 Å². The molecule has 0 atom stereocenters. The largest absolute Gasteiger partial charge is 0.573 e. The Morgan fingerprint density at radius 1 is 1.05 bits per heavy atom. The molecule has 0 aliphatic rings. The third-order valence-electron chi connectivity index (χ3n) is 2.43. The monoisotopic (exact) mass is 289 g/mol. The summed E-state index contributed by atoms with van der Waals surface area (Å²) in [6.45, 7) is 0. The zero-order chi connectivity index (χ0) is 15.5. The Labute approximate surface area is 117 Å². The number of halogens is 3. The van der Waals surface area contributed by atoms with Gasteiger partial charge in [0.25, 0.3) is 0 Å². The maximum absolute atomic E-state index is 12.2. The summed E-state index contributed by atoms with van der Waals surface area (Å²) in [6, 6.07) is 11.5. The van der Waals surface area contributed by atoms with Gasteiger partial charge in [-0.25, -0.2) is 4.98 Å². The summed E-state index contributed by atoms with van der Waals surface area (Å²) in [7, 11) is 0. The SMILES string of the molecule is N#Cc1cc(C#N)nc(-c2cccc(OC(F)(F)F)c2)c1. The van der Waals surface area contributed by atoms with Gasteiger partial charge in [0.1, 0.15) is 17.5 Å². The van der Waals surface area contributed by atoms with E-state index in [9.17, 15) is 13.2 Å². The van der Waals surface area contributed by atoms with Crippen LogP contribution in [-0.2, 0) is 0 Å². The number of nitrogens with zero attached hydrogens (tertiary/aromatic N) is 3. The van der Waals surface area contributed by atoms with Crippen molar-refractivity contribution >= 4 is 0 Å². The third kappa shape index (κ3) is 3.71. The summed E-state index contributed by atoms with van der Waals surface area (Å²) in [5.74, 6) is -0.400. The number of rotatable bonds is 2. The van der Waals surface area contributed by atoms with Gasteiger partial charge in [0.05, 0.1) is 17.3 Å². The van der Waals surface area contributed by atoms with E-state index in [2.05, 4.69) is 9.72 Å². The molecule has 0 aliphatic carbocycles. The van der Waals surface area contributed by atoms with E-state index in [0.717, 1.165) is 12.1 Å². The molecule has 0 aliphatic heterocycles. The van der Waals surface area contributed by atoms with Crippen molar-refractivity contribution in [2.24, 2.45) is 0 Å². The van der Waals surface area contributed by atoms with Crippen molar-refractivity contribution < 1.29 is 17.9 Å². The highest BCUT2D eigenvalue weighted by atomic mass is 19.4. The molecule has 21 heavy (non-hydrogen) atoms. The molecular formula is C14H6F3N3O. The fourth-order valence-corrected chi connectivity index (χ4v) is 1.65. The molecule has 104 valence electrons. The molecule has 0 unspecified atom stereocenters. The highest BCUT2D eigenvalue weighted by molar-refractivity contribution is 5.63. The summed E-state index contributed by atoms with van der Waals surface area (Å²) in [5.41, 5.74) is 0.730. The van der Waals surface area contributed by atoms with Crippen LogP contribution in [-0.4, -0.2) is 11.3 Å². The number of nitriles is 2. The van der Waals surface area contributed by atoms with Crippen LogP contribution in [0.2, 0.25) is 0 Å². The van der Waals surface area contributed by atoms with Crippen molar-refractivity contribution in [1.82, 2.24) is 4.98 Å². The summed E-state index contributed by atoms with van der Waals surface area (Å²) < 4.78 is 40.4. The predicted molar refractivity (Wildman–Crippen MR) is 65.8 cm³/mol. The molecule has 7 heteroatoms. The summed E-state index contributed by atoms with van der Waals surface area (Å²) in [6.07, 6.45) is -4.79. The molecule has 1 heterocycles. The van der Waals surface area contributed by atoms with Crippen molar-refractivity contribution in [3.8, 4) is 29.1 Å². The minimum atomic E-state index is -4.79. The van der Waals surface area contributed by atoms with Gasteiger partial charge in [-0.1, -0.05) is 12.1 Å². The lowest BCUT2D eigenvalue weighted by atomic mass is 10.1. The maximum Gasteiger partial charge on any atom is 0.573 e. The molecule has 2 rings (SSSR count). The molecule has 0 saturated heterocycles. The van der Waals surface area contributed by atoms with E-state index in [1.54, 1.807) is 6.07 Å². The van der Waals surface area contributed by atoms with Crippen molar-refractivity contribution in [3.63, 3.8) is 0 Å². The van der Waals surface area contributed by atoms with Gasteiger partial charge in [0.15, 0.2) is 0 Å². The maximum atomic E-state index is 12.2. The van der Waals surface area contributed by atoms with Crippen molar-refractivity contribution in [1.29, 1.82) is 10.5 Å². The Hall–Kier alpha value is -3.06. The predicted octanol–water partition coefficient (Wildman–Crippen LogP) is 3.39. The minimum Gasteiger partial charge on any atom is -0.406 e. The normalized spacial score (nSPS) is 10.5. The van der Waals surface area contributed by atoms with Crippen LogP contribution < -0.4 is 4.74 Å². The van der Waals surface area contributed by atoms with Gasteiger partial charge >= 0.3 is 6.36 Å². The highest BCUT2D eigenvalue weighted by Gasteiger charge is 2.31. The Kier molecular flexibility index (Phi) is 3.77. The van der Waals surface area contributed by atoms with Gasteiger partial charge in [0.2, 0.25) is 0 Å². The molecule has 1 aromatic carbocycles. The van der Waals surface area contributed by atoms with E-state index in [-0.39, 0.29) is 17.0 Å². The van der Waals surface area contributed by atoms with Gasteiger partial charge in [-0.15, -0.1) is 13.2 Å². The lowest BCUT2D eigenvalue weighted by Crippen LogP contribution is -2.17. The minimum absolute atomic E-state index is 0.00573. The lowest BCUT2D eigenvalue weighted by Gasteiger charge is -2.10. The van der Waals surface area contributed by atoms with Gasteiger partial charge < -0.3 is 4.74 Å². The zero-order valence-corrected chi connectivity index (χ0v) is 10.3. The highest BCUT2D eigenvalue weighted by Crippen LogP contribution is 2.27.